The summed E-state index contributed by atoms with van der Waals surface area (Å²) in [4.78, 5) is 13.6. The molecular weight excluding hydrogens is 422 g/mol. The van der Waals surface area contributed by atoms with Crippen molar-refractivity contribution in [1.82, 2.24) is 10.2 Å². The van der Waals surface area contributed by atoms with Crippen LogP contribution in [0.2, 0.25) is 0 Å². The first-order valence-electron chi connectivity index (χ1n) is 9.20. The van der Waals surface area contributed by atoms with Crippen molar-refractivity contribution in [3.63, 3.8) is 0 Å². The number of hydrogen-bond acceptors (Lipinski definition) is 8. The minimum atomic E-state index is -0.204. The molecule has 0 aliphatic heterocycles. The normalized spacial score (nSPS) is 10.6. The number of carbonyl (C=O) groups excluding carboxylic acids is 1. The Balaban J connectivity index is 1.67. The zero-order chi connectivity index (χ0) is 21.3. The Morgan fingerprint density at radius 1 is 1.07 bits per heavy atom. The molecule has 30 heavy (non-hydrogen) atoms. The van der Waals surface area contributed by atoms with Gasteiger partial charge in [-0.15, -0.1) is 22.0 Å². The van der Waals surface area contributed by atoms with E-state index in [-0.39, 0.29) is 5.91 Å². The molecule has 0 fully saturated rings. The van der Waals surface area contributed by atoms with Crippen LogP contribution < -0.4 is 14.8 Å². The van der Waals surface area contributed by atoms with Gasteiger partial charge in [0, 0.05) is 24.2 Å². The van der Waals surface area contributed by atoms with Gasteiger partial charge in [0.1, 0.15) is 5.01 Å². The smallest absolute Gasteiger partial charge is 0.258 e. The van der Waals surface area contributed by atoms with Gasteiger partial charge in [0.25, 0.3) is 5.91 Å². The predicted octanol–water partition coefficient (Wildman–Crippen LogP) is 4.14. The summed E-state index contributed by atoms with van der Waals surface area (Å²) in [6.45, 7) is 0.622. The molecule has 3 rings (SSSR count). The Morgan fingerprint density at radius 3 is 2.63 bits per heavy atom. The number of benzene rings is 2. The molecule has 9 heteroatoms. The van der Waals surface area contributed by atoms with Crippen LogP contribution in [-0.2, 0) is 11.2 Å². The number of carbonyl (C=O) groups is 1. The summed E-state index contributed by atoms with van der Waals surface area (Å²) < 4.78 is 15.7. The zero-order valence-corrected chi connectivity index (χ0v) is 18.6. The number of methoxy groups -OCH3 is 3. The van der Waals surface area contributed by atoms with Crippen LogP contribution in [0.4, 0.5) is 5.13 Å². The average molecular weight is 446 g/mol. The average Bonchev–Trinajstić information content (AvgIpc) is 3.20. The van der Waals surface area contributed by atoms with Crippen LogP contribution in [0, 0.1) is 0 Å². The van der Waals surface area contributed by atoms with Gasteiger partial charge in [-0.1, -0.05) is 29.5 Å². The lowest BCUT2D eigenvalue weighted by Gasteiger charge is -2.08. The van der Waals surface area contributed by atoms with Crippen molar-refractivity contribution in [3.8, 4) is 11.5 Å². The van der Waals surface area contributed by atoms with Gasteiger partial charge in [0.2, 0.25) is 5.13 Å². The molecular formula is C21H23N3O4S2. The van der Waals surface area contributed by atoms with Gasteiger partial charge >= 0.3 is 0 Å². The van der Waals surface area contributed by atoms with Gasteiger partial charge in [-0.2, -0.15) is 0 Å². The highest BCUT2D eigenvalue weighted by atomic mass is 32.2. The van der Waals surface area contributed by atoms with Crippen LogP contribution in [0.1, 0.15) is 20.9 Å². The number of anilines is 1. The van der Waals surface area contributed by atoms with E-state index in [0.717, 1.165) is 21.2 Å². The van der Waals surface area contributed by atoms with Crippen LogP contribution in [0.5, 0.6) is 11.5 Å². The lowest BCUT2D eigenvalue weighted by atomic mass is 10.1. The standard InChI is InChI=1S/C21H23N3O4S2/c1-26-10-11-29-18-7-5-4-6-15(18)20(25)22-21-24-23-19(30-21)13-14-8-9-16(27-2)17(12-14)28-3/h4-9,12H,10-11,13H2,1-3H3,(H,22,24,25). The Bertz CT molecular complexity index is 994. The maximum atomic E-state index is 12.7. The van der Waals surface area contributed by atoms with Gasteiger partial charge in [-0.25, -0.2) is 0 Å². The van der Waals surface area contributed by atoms with E-state index >= 15 is 0 Å². The maximum absolute atomic E-state index is 12.7. The molecule has 0 unspecified atom stereocenters. The molecule has 1 N–H and O–H groups in total. The number of nitrogens with zero attached hydrogens (tertiary/aromatic N) is 2. The highest BCUT2D eigenvalue weighted by Crippen LogP contribution is 2.29. The van der Waals surface area contributed by atoms with Gasteiger partial charge in [-0.05, 0) is 29.8 Å². The summed E-state index contributed by atoms with van der Waals surface area (Å²) >= 11 is 2.93. The summed E-state index contributed by atoms with van der Waals surface area (Å²) in [7, 11) is 4.87. The van der Waals surface area contributed by atoms with Crippen LogP contribution in [0.25, 0.3) is 0 Å². The fraction of sp³-hybridized carbons (Fsp3) is 0.286. The van der Waals surface area contributed by atoms with E-state index in [9.17, 15) is 4.79 Å². The molecule has 1 heterocycles. The summed E-state index contributed by atoms with van der Waals surface area (Å²) in [5.41, 5.74) is 1.62. The number of amides is 1. The Labute approximate surface area is 183 Å². The van der Waals surface area contributed by atoms with E-state index in [4.69, 9.17) is 14.2 Å². The molecule has 1 aromatic heterocycles. The quantitative estimate of drug-likeness (QED) is 0.371. The van der Waals surface area contributed by atoms with E-state index in [1.54, 1.807) is 39.2 Å². The van der Waals surface area contributed by atoms with Gasteiger partial charge in [0.05, 0.1) is 26.4 Å². The molecule has 2 aromatic carbocycles. The topological polar surface area (TPSA) is 82.6 Å². The maximum Gasteiger partial charge on any atom is 0.258 e. The number of thioether (sulfide) groups is 1. The number of hydrogen-bond donors (Lipinski definition) is 1. The second-order valence-corrected chi connectivity index (χ2v) is 8.36. The first-order valence-corrected chi connectivity index (χ1v) is 11.0. The lowest BCUT2D eigenvalue weighted by molar-refractivity contribution is 0.102. The summed E-state index contributed by atoms with van der Waals surface area (Å²) in [5.74, 6) is 1.91. The van der Waals surface area contributed by atoms with Crippen LogP contribution in [0.15, 0.2) is 47.4 Å². The molecule has 1 amide bonds. The van der Waals surface area contributed by atoms with E-state index < -0.39 is 0 Å². The SMILES string of the molecule is COCCSc1ccccc1C(=O)Nc1nnc(Cc2ccc(OC)c(OC)c2)s1. The summed E-state index contributed by atoms with van der Waals surface area (Å²) in [6, 6.07) is 13.2. The summed E-state index contributed by atoms with van der Waals surface area (Å²) in [6.07, 6.45) is 0.581. The van der Waals surface area contributed by atoms with Crippen molar-refractivity contribution >= 4 is 34.1 Å². The molecule has 0 atom stereocenters. The highest BCUT2D eigenvalue weighted by Gasteiger charge is 2.15. The van der Waals surface area contributed by atoms with Gasteiger partial charge < -0.3 is 14.2 Å². The summed E-state index contributed by atoms with van der Waals surface area (Å²) in [5, 5.41) is 12.4. The van der Waals surface area contributed by atoms with Crippen molar-refractivity contribution in [3.05, 3.63) is 58.6 Å². The number of ether oxygens (including phenoxy) is 3. The number of aromatic nitrogens is 2. The minimum absolute atomic E-state index is 0.204. The van der Waals surface area contributed by atoms with Crippen LogP contribution in [-0.4, -0.2) is 49.8 Å². The fourth-order valence-corrected chi connectivity index (χ4v) is 4.45. The van der Waals surface area contributed by atoms with Gasteiger partial charge in [-0.3, -0.25) is 10.1 Å². The molecule has 0 aliphatic carbocycles. The molecule has 0 radical (unpaired) electrons. The van der Waals surface area contributed by atoms with E-state index in [1.807, 2.05) is 36.4 Å². The molecule has 0 saturated carbocycles. The Hall–Kier alpha value is -2.62. The minimum Gasteiger partial charge on any atom is -0.493 e. The number of rotatable bonds is 10. The van der Waals surface area contributed by atoms with Crippen molar-refractivity contribution in [1.29, 1.82) is 0 Å². The molecule has 0 saturated heterocycles. The van der Waals surface area contributed by atoms with Crippen molar-refractivity contribution in [2.75, 3.05) is 39.0 Å². The largest absolute Gasteiger partial charge is 0.493 e. The Morgan fingerprint density at radius 2 is 1.87 bits per heavy atom. The van der Waals surface area contributed by atoms with Crippen molar-refractivity contribution in [2.24, 2.45) is 0 Å². The monoisotopic (exact) mass is 445 g/mol. The van der Waals surface area contributed by atoms with E-state index in [2.05, 4.69) is 15.5 Å². The first kappa shape index (κ1) is 22.1. The second-order valence-electron chi connectivity index (χ2n) is 6.16. The third-order valence-electron chi connectivity index (χ3n) is 4.17. The molecule has 0 bridgehead atoms. The Kier molecular flexibility index (Phi) is 8.06. The molecule has 0 spiro atoms. The third kappa shape index (κ3) is 5.71. The highest BCUT2D eigenvalue weighted by molar-refractivity contribution is 7.99. The third-order valence-corrected chi connectivity index (χ3v) is 6.04. The second kappa shape index (κ2) is 11.0. The van der Waals surface area contributed by atoms with Crippen LogP contribution in [0.3, 0.4) is 0 Å². The molecule has 158 valence electrons. The van der Waals surface area contributed by atoms with E-state index in [1.165, 1.54) is 11.3 Å². The van der Waals surface area contributed by atoms with Gasteiger partial charge in [0.15, 0.2) is 11.5 Å². The fourth-order valence-electron chi connectivity index (χ4n) is 2.72. The molecule has 7 nitrogen and oxygen atoms in total. The number of nitrogens with one attached hydrogen (secondary N) is 1. The van der Waals surface area contributed by atoms with Crippen molar-refractivity contribution < 1.29 is 19.0 Å². The first-order chi connectivity index (χ1) is 14.6. The van der Waals surface area contributed by atoms with Crippen molar-refractivity contribution in [2.45, 2.75) is 11.3 Å². The molecule has 0 aliphatic rings. The molecule has 3 aromatic rings. The lowest BCUT2D eigenvalue weighted by Crippen LogP contribution is -2.13. The van der Waals surface area contributed by atoms with Crippen LogP contribution >= 0.6 is 23.1 Å². The predicted molar refractivity (Wildman–Crippen MR) is 119 cm³/mol. The zero-order valence-electron chi connectivity index (χ0n) is 17.0. The van der Waals surface area contributed by atoms with E-state index in [0.29, 0.717) is 35.2 Å².